The van der Waals surface area contributed by atoms with Gasteiger partial charge >= 0.3 is 0 Å². The van der Waals surface area contributed by atoms with Crippen LogP contribution in [0.2, 0.25) is 0 Å². The van der Waals surface area contributed by atoms with Crippen molar-refractivity contribution in [2.75, 3.05) is 6.61 Å². The van der Waals surface area contributed by atoms with Crippen molar-refractivity contribution in [2.24, 2.45) is 0 Å². The number of hydrogen-bond acceptors (Lipinski definition) is 7. The Morgan fingerprint density at radius 1 is 0.784 bits per heavy atom. The minimum atomic E-state index is -4.14. The van der Waals surface area contributed by atoms with Gasteiger partial charge in [-0.1, -0.05) is 78.4 Å². The van der Waals surface area contributed by atoms with Gasteiger partial charge in [-0.3, -0.25) is 0 Å². The number of sulfone groups is 1. The van der Waals surface area contributed by atoms with Gasteiger partial charge in [0.1, 0.15) is 12.2 Å². The molecule has 37 heavy (non-hydrogen) atoms. The number of ether oxygens (including phenoxy) is 5. The summed E-state index contributed by atoms with van der Waals surface area (Å²) in [6.45, 7) is 5.56. The van der Waals surface area contributed by atoms with Crippen molar-refractivity contribution in [3.05, 3.63) is 102 Å². The fraction of sp³-hybridized carbons (Fsp3) is 0.379. The summed E-state index contributed by atoms with van der Waals surface area (Å²) in [4.78, 5) is -1.77. The van der Waals surface area contributed by atoms with Crippen LogP contribution in [0.3, 0.4) is 0 Å². The van der Waals surface area contributed by atoms with E-state index in [1.807, 2.05) is 67.6 Å². The van der Waals surface area contributed by atoms with Crippen LogP contribution in [0.5, 0.6) is 0 Å². The van der Waals surface area contributed by atoms with E-state index in [4.69, 9.17) is 23.7 Å². The summed E-state index contributed by atoms with van der Waals surface area (Å²) < 4.78 is 59.5. The fourth-order valence-electron chi connectivity index (χ4n) is 4.76. The van der Waals surface area contributed by atoms with E-state index in [0.717, 1.165) is 16.7 Å². The van der Waals surface area contributed by atoms with Gasteiger partial charge in [-0.15, -0.1) is 0 Å². The molecule has 0 unspecified atom stereocenters. The maximum atomic E-state index is 14.3. The Morgan fingerprint density at radius 3 is 2.00 bits per heavy atom. The van der Waals surface area contributed by atoms with E-state index < -0.39 is 39.1 Å². The van der Waals surface area contributed by atoms with Gasteiger partial charge < -0.3 is 23.7 Å². The Kier molecular flexibility index (Phi) is 7.24. The summed E-state index contributed by atoms with van der Waals surface area (Å²) in [5, 5.41) is 0. The molecule has 0 bridgehead atoms. The normalized spacial score (nSPS) is 26.7. The summed E-state index contributed by atoms with van der Waals surface area (Å²) in [5.41, 5.74) is 2.76. The molecular formula is C29H32O7S. The molecule has 8 heteroatoms. The van der Waals surface area contributed by atoms with E-state index in [-0.39, 0.29) is 24.7 Å². The Bertz CT molecular complexity index is 1290. The average Bonchev–Trinajstić information content (AvgIpc) is 3.33. The Balaban J connectivity index is 1.53. The van der Waals surface area contributed by atoms with Crippen molar-refractivity contribution in [2.45, 2.75) is 68.1 Å². The summed E-state index contributed by atoms with van der Waals surface area (Å²) in [5.74, 6) is -0.950. The lowest BCUT2D eigenvalue weighted by molar-refractivity contribution is -0.234. The first kappa shape index (κ1) is 26.0. The Hall–Kier alpha value is -2.59. The number of hydrogen-bond donors (Lipinski definition) is 0. The first-order valence-electron chi connectivity index (χ1n) is 12.3. The van der Waals surface area contributed by atoms with Gasteiger partial charge in [0.05, 0.1) is 24.7 Å². The van der Waals surface area contributed by atoms with E-state index in [9.17, 15) is 8.42 Å². The van der Waals surface area contributed by atoms with Crippen molar-refractivity contribution >= 4 is 9.84 Å². The first-order chi connectivity index (χ1) is 17.7. The SMILES string of the molecule is Cc1ccc(S(=O)(=O)[C@]2(COCc3ccccc3)O[C@@H]3OC(C)(C)O[C@@H]3[C@@H]2OCc2ccccc2)cc1. The van der Waals surface area contributed by atoms with Gasteiger partial charge in [0.15, 0.2) is 12.1 Å². The minimum absolute atomic E-state index is 0.119. The average molecular weight is 525 g/mol. The van der Waals surface area contributed by atoms with Gasteiger partial charge in [-0.25, -0.2) is 8.42 Å². The number of benzene rings is 3. The van der Waals surface area contributed by atoms with Crippen LogP contribution in [0.4, 0.5) is 0 Å². The highest BCUT2D eigenvalue weighted by molar-refractivity contribution is 7.92. The van der Waals surface area contributed by atoms with E-state index >= 15 is 0 Å². The van der Waals surface area contributed by atoms with Gasteiger partial charge in [0.2, 0.25) is 14.8 Å². The van der Waals surface area contributed by atoms with Crippen molar-refractivity contribution < 1.29 is 32.1 Å². The molecule has 0 saturated carbocycles. The molecule has 2 aliphatic rings. The van der Waals surface area contributed by atoms with Crippen LogP contribution >= 0.6 is 0 Å². The second-order valence-corrected chi connectivity index (χ2v) is 12.1. The van der Waals surface area contributed by atoms with Gasteiger partial charge in [0.25, 0.3) is 0 Å². The molecule has 196 valence electrons. The zero-order valence-electron chi connectivity index (χ0n) is 21.2. The summed E-state index contributed by atoms with van der Waals surface area (Å²) >= 11 is 0. The van der Waals surface area contributed by atoms with Gasteiger partial charge in [-0.2, -0.15) is 0 Å². The van der Waals surface area contributed by atoms with Crippen LogP contribution in [0.1, 0.15) is 30.5 Å². The first-order valence-corrected chi connectivity index (χ1v) is 13.8. The minimum Gasteiger partial charge on any atom is -0.373 e. The summed E-state index contributed by atoms with van der Waals surface area (Å²) in [6.07, 6.45) is -2.71. The van der Waals surface area contributed by atoms with E-state index in [1.54, 1.807) is 38.1 Å². The van der Waals surface area contributed by atoms with Crippen molar-refractivity contribution in [1.29, 1.82) is 0 Å². The smallest absolute Gasteiger partial charge is 0.227 e. The second-order valence-electron chi connectivity index (χ2n) is 9.91. The number of fused-ring (bicyclic) bond motifs is 1. The Labute approximate surface area is 218 Å². The van der Waals surface area contributed by atoms with Crippen LogP contribution in [0, 0.1) is 6.92 Å². The molecule has 0 aromatic heterocycles. The van der Waals surface area contributed by atoms with E-state index in [0.29, 0.717) is 0 Å². The van der Waals surface area contributed by atoms with E-state index in [2.05, 4.69) is 0 Å². The lowest BCUT2D eigenvalue weighted by Gasteiger charge is -2.36. The third-order valence-electron chi connectivity index (χ3n) is 6.61. The predicted molar refractivity (Wildman–Crippen MR) is 137 cm³/mol. The lowest BCUT2D eigenvalue weighted by atomic mass is 10.1. The number of rotatable bonds is 9. The zero-order valence-corrected chi connectivity index (χ0v) is 22.0. The summed E-state index contributed by atoms with van der Waals surface area (Å²) in [6, 6.07) is 25.8. The molecule has 3 aromatic carbocycles. The van der Waals surface area contributed by atoms with Crippen LogP contribution < -0.4 is 0 Å². The second kappa shape index (κ2) is 10.3. The molecule has 5 rings (SSSR count). The van der Waals surface area contributed by atoms with Crippen molar-refractivity contribution in [3.8, 4) is 0 Å². The molecule has 2 fully saturated rings. The van der Waals surface area contributed by atoms with Crippen molar-refractivity contribution in [1.82, 2.24) is 0 Å². The highest BCUT2D eigenvalue weighted by Crippen LogP contribution is 2.48. The largest absolute Gasteiger partial charge is 0.373 e. The molecule has 0 amide bonds. The van der Waals surface area contributed by atoms with E-state index in [1.165, 1.54) is 0 Å². The Morgan fingerprint density at radius 2 is 1.38 bits per heavy atom. The van der Waals surface area contributed by atoms with Gasteiger partial charge in [0, 0.05) is 0 Å². The molecule has 0 aliphatic carbocycles. The molecule has 7 nitrogen and oxygen atoms in total. The highest BCUT2D eigenvalue weighted by atomic mass is 32.2. The van der Waals surface area contributed by atoms with Crippen LogP contribution in [-0.4, -0.2) is 44.2 Å². The lowest BCUT2D eigenvalue weighted by Crippen LogP contribution is -2.55. The molecule has 2 heterocycles. The van der Waals surface area contributed by atoms with Crippen molar-refractivity contribution in [3.63, 3.8) is 0 Å². The number of aryl methyl sites for hydroxylation is 1. The molecule has 4 atom stereocenters. The quantitative estimate of drug-likeness (QED) is 0.399. The standard InChI is InChI=1S/C29H32O7S/c1-21-14-16-24(17-15-21)37(30,31)29(20-32-18-22-10-6-4-7-11-22)26(33-19-23-12-8-5-9-13-23)25-27(36-29)35-28(2,3)34-25/h4-17,25-27H,18-20H2,1-3H3/t25-,26+,27+,29+/m1/s1. The molecule has 2 aliphatic heterocycles. The molecular weight excluding hydrogens is 492 g/mol. The third-order valence-corrected chi connectivity index (χ3v) is 8.86. The van der Waals surface area contributed by atoms with Crippen LogP contribution in [0.15, 0.2) is 89.8 Å². The van der Waals surface area contributed by atoms with Crippen LogP contribution in [0.25, 0.3) is 0 Å². The highest BCUT2D eigenvalue weighted by Gasteiger charge is 2.68. The predicted octanol–water partition coefficient (Wildman–Crippen LogP) is 4.78. The maximum absolute atomic E-state index is 14.3. The molecule has 0 N–H and O–H groups in total. The summed E-state index contributed by atoms with van der Waals surface area (Å²) in [7, 11) is -4.14. The zero-order chi connectivity index (χ0) is 26.1. The topological polar surface area (TPSA) is 80.3 Å². The third kappa shape index (κ3) is 5.23. The fourth-order valence-corrected chi connectivity index (χ4v) is 6.62. The molecule has 2 saturated heterocycles. The maximum Gasteiger partial charge on any atom is 0.227 e. The molecule has 0 spiro atoms. The van der Waals surface area contributed by atoms with Gasteiger partial charge in [-0.05, 0) is 44.0 Å². The van der Waals surface area contributed by atoms with Crippen LogP contribution in [-0.2, 0) is 46.7 Å². The molecule has 0 radical (unpaired) electrons. The molecule has 3 aromatic rings. The monoisotopic (exact) mass is 524 g/mol.